The second-order valence-corrected chi connectivity index (χ2v) is 9.43. The Labute approximate surface area is 116 Å². The number of carbonyl (C=O) groups is 1. The monoisotopic (exact) mass is 278 g/mol. The third kappa shape index (κ3) is 5.40. The molecule has 0 amide bonds. The summed E-state index contributed by atoms with van der Waals surface area (Å²) in [6.45, 7) is 6.39. The minimum absolute atomic E-state index is 0.00229. The van der Waals surface area contributed by atoms with Crippen LogP contribution in [0.3, 0.4) is 0 Å². The van der Waals surface area contributed by atoms with Gasteiger partial charge >= 0.3 is 5.97 Å². The Bertz CT molecular complexity index is 426. The lowest BCUT2D eigenvalue weighted by molar-refractivity contribution is -0.150. The predicted octanol–water partition coefficient (Wildman–Crippen LogP) is 2.28. The third-order valence-corrected chi connectivity index (χ3v) is 5.73. The fourth-order valence-electron chi connectivity index (χ4n) is 1.74. The van der Waals surface area contributed by atoms with E-state index in [2.05, 4.69) is 43.1 Å². The van der Waals surface area contributed by atoms with Crippen LogP contribution in [0, 0.1) is 0 Å². The van der Waals surface area contributed by atoms with Crippen LogP contribution in [0.4, 0.5) is 0 Å². The Hall–Kier alpha value is -1.39. The highest BCUT2D eigenvalue weighted by Crippen LogP contribution is 2.07. The van der Waals surface area contributed by atoms with Gasteiger partial charge in [-0.15, -0.1) is 0 Å². The summed E-state index contributed by atoms with van der Waals surface area (Å²) in [6, 6.07) is 10.4. The first-order valence-corrected chi connectivity index (χ1v) is 9.47. The molecule has 0 spiro atoms. The van der Waals surface area contributed by atoms with Crippen LogP contribution < -0.4 is 5.19 Å². The van der Waals surface area contributed by atoms with Crippen LogP contribution in [0.1, 0.15) is 6.92 Å². The van der Waals surface area contributed by atoms with Crippen LogP contribution in [0.25, 0.3) is 0 Å². The van der Waals surface area contributed by atoms with Gasteiger partial charge in [-0.1, -0.05) is 60.4 Å². The SMILES string of the molecule is COCC(=O)O[C@@H](C)/C=C/[Si](C)(C)c1ccccc1. The summed E-state index contributed by atoms with van der Waals surface area (Å²) < 4.78 is 9.92. The molecule has 0 radical (unpaired) electrons. The fraction of sp³-hybridized carbons (Fsp3) is 0.400. The third-order valence-electron chi connectivity index (χ3n) is 2.88. The number of esters is 1. The summed E-state index contributed by atoms with van der Waals surface area (Å²) in [6.07, 6.45) is 1.74. The van der Waals surface area contributed by atoms with Crippen LogP contribution in [-0.2, 0) is 14.3 Å². The van der Waals surface area contributed by atoms with Crippen molar-refractivity contribution in [1.82, 2.24) is 0 Å². The summed E-state index contributed by atoms with van der Waals surface area (Å²) in [5, 5.41) is 1.36. The topological polar surface area (TPSA) is 35.5 Å². The van der Waals surface area contributed by atoms with Gasteiger partial charge in [0.05, 0.1) is 0 Å². The van der Waals surface area contributed by atoms with Crippen molar-refractivity contribution in [3.63, 3.8) is 0 Å². The number of hydrogen-bond acceptors (Lipinski definition) is 3. The molecular weight excluding hydrogens is 256 g/mol. The van der Waals surface area contributed by atoms with Crippen molar-refractivity contribution in [2.45, 2.75) is 26.1 Å². The van der Waals surface area contributed by atoms with Crippen LogP contribution in [0.15, 0.2) is 42.1 Å². The predicted molar refractivity (Wildman–Crippen MR) is 80.1 cm³/mol. The average Bonchev–Trinajstić information content (AvgIpc) is 2.38. The first-order chi connectivity index (χ1) is 8.95. The molecule has 0 heterocycles. The van der Waals surface area contributed by atoms with Crippen molar-refractivity contribution in [2.24, 2.45) is 0 Å². The standard InChI is InChI=1S/C15H22O3Si/c1-13(18-15(16)12-17-2)10-11-19(3,4)14-8-6-5-7-9-14/h5-11,13H,12H2,1-4H3/b11-10+/t13-/m0/s1. The number of hydrogen-bond donors (Lipinski definition) is 0. The molecule has 0 saturated carbocycles. The van der Waals surface area contributed by atoms with E-state index in [4.69, 9.17) is 9.47 Å². The molecular formula is C15H22O3Si. The molecule has 3 nitrogen and oxygen atoms in total. The van der Waals surface area contributed by atoms with E-state index in [0.717, 1.165) is 0 Å². The normalized spacial score (nSPS) is 13.5. The summed E-state index contributed by atoms with van der Waals surface area (Å²) in [7, 11) is -0.135. The van der Waals surface area contributed by atoms with E-state index in [-0.39, 0.29) is 18.7 Å². The van der Waals surface area contributed by atoms with Crippen LogP contribution in [-0.4, -0.2) is 33.9 Å². The molecule has 1 atom stereocenters. The number of ether oxygens (including phenoxy) is 2. The minimum Gasteiger partial charge on any atom is -0.457 e. The molecule has 0 aliphatic carbocycles. The van der Waals surface area contributed by atoms with Gasteiger partial charge in [-0.3, -0.25) is 0 Å². The minimum atomic E-state index is -1.61. The molecule has 0 bridgehead atoms. The average molecular weight is 278 g/mol. The molecule has 1 rings (SSSR count). The van der Waals surface area contributed by atoms with Gasteiger partial charge in [0.15, 0.2) is 0 Å². The lowest BCUT2D eigenvalue weighted by atomic mass is 10.4. The maximum absolute atomic E-state index is 11.3. The summed E-state index contributed by atoms with van der Waals surface area (Å²) >= 11 is 0. The molecule has 104 valence electrons. The van der Waals surface area contributed by atoms with Gasteiger partial charge in [-0.2, -0.15) is 0 Å². The number of carbonyl (C=O) groups excluding carboxylic acids is 1. The fourth-order valence-corrected chi connectivity index (χ4v) is 3.73. The molecule has 0 fully saturated rings. The van der Waals surface area contributed by atoms with E-state index in [1.165, 1.54) is 12.3 Å². The Morgan fingerprint density at radius 1 is 1.32 bits per heavy atom. The molecule has 1 aromatic rings. The molecule has 4 heteroatoms. The van der Waals surface area contributed by atoms with E-state index in [0.29, 0.717) is 0 Å². The Balaban J connectivity index is 2.62. The number of benzene rings is 1. The zero-order chi connectivity index (χ0) is 14.3. The molecule has 0 aliphatic rings. The molecule has 0 aromatic heterocycles. The van der Waals surface area contributed by atoms with Crippen molar-refractivity contribution in [2.75, 3.05) is 13.7 Å². The van der Waals surface area contributed by atoms with E-state index >= 15 is 0 Å². The smallest absolute Gasteiger partial charge is 0.332 e. The summed E-state index contributed by atoms with van der Waals surface area (Å²) in [4.78, 5) is 11.3. The van der Waals surface area contributed by atoms with Gasteiger partial charge in [0, 0.05) is 7.11 Å². The van der Waals surface area contributed by atoms with Crippen molar-refractivity contribution in [1.29, 1.82) is 0 Å². The lowest BCUT2D eigenvalue weighted by Crippen LogP contribution is -2.39. The highest BCUT2D eigenvalue weighted by atomic mass is 28.3. The van der Waals surface area contributed by atoms with Gasteiger partial charge in [-0.25, -0.2) is 4.79 Å². The van der Waals surface area contributed by atoms with Crippen LogP contribution in [0.2, 0.25) is 13.1 Å². The number of methoxy groups -OCH3 is 1. The van der Waals surface area contributed by atoms with Gasteiger partial charge in [0.2, 0.25) is 0 Å². The van der Waals surface area contributed by atoms with Gasteiger partial charge in [-0.05, 0) is 6.92 Å². The summed E-state index contributed by atoms with van der Waals surface area (Å²) in [5.41, 5.74) is 2.20. The van der Waals surface area contributed by atoms with Crippen molar-refractivity contribution >= 4 is 19.2 Å². The maximum Gasteiger partial charge on any atom is 0.332 e. The molecule has 0 N–H and O–H groups in total. The number of rotatable bonds is 6. The first kappa shape index (κ1) is 15.7. The zero-order valence-corrected chi connectivity index (χ0v) is 13.1. The van der Waals surface area contributed by atoms with E-state index < -0.39 is 8.07 Å². The highest BCUT2D eigenvalue weighted by molar-refractivity contribution is 6.93. The molecule has 0 unspecified atom stereocenters. The van der Waals surface area contributed by atoms with Crippen molar-refractivity contribution < 1.29 is 14.3 Å². The molecule has 0 aliphatic heterocycles. The van der Waals surface area contributed by atoms with Crippen LogP contribution in [0.5, 0.6) is 0 Å². The van der Waals surface area contributed by atoms with Crippen molar-refractivity contribution in [3.05, 3.63) is 42.1 Å². The highest BCUT2D eigenvalue weighted by Gasteiger charge is 2.19. The Kier molecular flexibility index (Phi) is 5.98. The lowest BCUT2D eigenvalue weighted by Gasteiger charge is -2.19. The molecule has 0 saturated heterocycles. The molecule has 19 heavy (non-hydrogen) atoms. The second kappa shape index (κ2) is 7.26. The van der Waals surface area contributed by atoms with Gasteiger partial charge in [0.1, 0.15) is 20.8 Å². The maximum atomic E-state index is 11.3. The van der Waals surface area contributed by atoms with Gasteiger partial charge < -0.3 is 9.47 Å². The first-order valence-electron chi connectivity index (χ1n) is 6.39. The summed E-state index contributed by atoms with van der Waals surface area (Å²) in [5.74, 6) is -0.334. The zero-order valence-electron chi connectivity index (χ0n) is 12.1. The van der Waals surface area contributed by atoms with E-state index in [9.17, 15) is 4.79 Å². The Morgan fingerprint density at radius 2 is 1.95 bits per heavy atom. The largest absolute Gasteiger partial charge is 0.457 e. The van der Waals surface area contributed by atoms with Gasteiger partial charge in [0.25, 0.3) is 0 Å². The Morgan fingerprint density at radius 3 is 2.53 bits per heavy atom. The quantitative estimate of drug-likeness (QED) is 0.591. The second-order valence-electron chi connectivity index (χ2n) is 5.07. The van der Waals surface area contributed by atoms with Crippen LogP contribution >= 0.6 is 0 Å². The van der Waals surface area contributed by atoms with Crippen molar-refractivity contribution in [3.8, 4) is 0 Å². The van der Waals surface area contributed by atoms with E-state index in [1.807, 2.05) is 19.1 Å². The molecule has 1 aromatic carbocycles. The van der Waals surface area contributed by atoms with E-state index in [1.54, 1.807) is 0 Å².